The van der Waals surface area contributed by atoms with E-state index in [1.165, 1.54) is 19.1 Å². The Bertz CT molecular complexity index is 803. The van der Waals surface area contributed by atoms with Crippen molar-refractivity contribution in [2.75, 3.05) is 23.7 Å². The molecule has 0 heterocycles. The quantitative estimate of drug-likeness (QED) is 0.744. The summed E-state index contributed by atoms with van der Waals surface area (Å²) >= 11 is 0. The van der Waals surface area contributed by atoms with Gasteiger partial charge < -0.3 is 10.6 Å². The first-order valence-electron chi connectivity index (χ1n) is 8.73. The van der Waals surface area contributed by atoms with Gasteiger partial charge in [0.25, 0.3) is 0 Å². The fourth-order valence-corrected chi connectivity index (χ4v) is 2.58. The minimum atomic E-state index is -4.36. The molecule has 0 spiro atoms. The summed E-state index contributed by atoms with van der Waals surface area (Å²) in [5, 5.41) is 5.40. The molecule has 2 aromatic carbocycles. The zero-order chi connectivity index (χ0) is 20.7. The average molecular weight is 393 g/mol. The number of nitrogens with zero attached hydrogens (tertiary/aromatic N) is 1. The van der Waals surface area contributed by atoms with Gasteiger partial charge in [-0.2, -0.15) is 13.2 Å². The molecule has 0 aliphatic heterocycles. The molecule has 2 N–H and O–H groups in total. The molecule has 8 heteroatoms. The zero-order valence-corrected chi connectivity index (χ0v) is 15.6. The third-order valence-corrected chi connectivity index (χ3v) is 3.99. The molecular formula is C20H22F3N3O2. The Morgan fingerprint density at radius 1 is 0.929 bits per heavy atom. The lowest BCUT2D eigenvalue weighted by Gasteiger charge is -2.20. The Labute approximate surface area is 161 Å². The standard InChI is InChI=1S/C20H22F3N3O2/c1-3-26(12-15-4-6-16(7-5-15)20(21,22)23)13-19(28)25-18-10-8-17(9-11-18)24-14(2)27/h4-11H,3,12-13H2,1-2H3,(H,24,27)(H,25,28). The van der Waals surface area contributed by atoms with Crippen molar-refractivity contribution >= 4 is 23.2 Å². The van der Waals surface area contributed by atoms with Crippen LogP contribution in [0.5, 0.6) is 0 Å². The number of anilines is 2. The average Bonchev–Trinajstić information content (AvgIpc) is 2.62. The van der Waals surface area contributed by atoms with Crippen LogP contribution in [0.3, 0.4) is 0 Å². The minimum Gasteiger partial charge on any atom is -0.326 e. The van der Waals surface area contributed by atoms with Crippen LogP contribution in [0.25, 0.3) is 0 Å². The first-order valence-corrected chi connectivity index (χ1v) is 8.73. The van der Waals surface area contributed by atoms with Crippen LogP contribution >= 0.6 is 0 Å². The predicted molar refractivity (Wildman–Crippen MR) is 102 cm³/mol. The lowest BCUT2D eigenvalue weighted by molar-refractivity contribution is -0.137. The van der Waals surface area contributed by atoms with Crippen molar-refractivity contribution < 1.29 is 22.8 Å². The maximum atomic E-state index is 12.6. The summed E-state index contributed by atoms with van der Waals surface area (Å²) in [5.74, 6) is -0.417. The number of rotatable bonds is 7. The molecule has 0 atom stereocenters. The molecule has 0 aliphatic carbocycles. The number of likely N-dealkylation sites (N-methyl/N-ethyl adjacent to an activating group) is 1. The molecule has 0 fully saturated rings. The fourth-order valence-electron chi connectivity index (χ4n) is 2.58. The van der Waals surface area contributed by atoms with Crippen LogP contribution in [0.15, 0.2) is 48.5 Å². The van der Waals surface area contributed by atoms with E-state index in [1.54, 1.807) is 24.3 Å². The van der Waals surface area contributed by atoms with E-state index in [2.05, 4.69) is 10.6 Å². The molecule has 0 aliphatic rings. The molecule has 0 saturated heterocycles. The predicted octanol–water partition coefficient (Wildman–Crippen LogP) is 4.12. The molecule has 150 valence electrons. The van der Waals surface area contributed by atoms with Crippen LogP contribution in [0.4, 0.5) is 24.5 Å². The zero-order valence-electron chi connectivity index (χ0n) is 15.6. The summed E-state index contributed by atoms with van der Waals surface area (Å²) in [5.41, 5.74) is 1.22. The molecule has 2 rings (SSSR count). The number of carbonyl (C=O) groups excluding carboxylic acids is 2. The Balaban J connectivity index is 1.91. The van der Waals surface area contributed by atoms with Gasteiger partial charge in [-0.05, 0) is 48.5 Å². The summed E-state index contributed by atoms with van der Waals surface area (Å²) < 4.78 is 37.9. The number of nitrogens with one attached hydrogen (secondary N) is 2. The SMILES string of the molecule is CCN(CC(=O)Nc1ccc(NC(C)=O)cc1)Cc1ccc(C(F)(F)F)cc1. The molecule has 0 saturated carbocycles. The second kappa shape index (κ2) is 9.36. The highest BCUT2D eigenvalue weighted by atomic mass is 19.4. The molecule has 0 bridgehead atoms. The van der Waals surface area contributed by atoms with Crippen LogP contribution in [0.1, 0.15) is 25.0 Å². The summed E-state index contributed by atoms with van der Waals surface area (Å²) in [6.45, 7) is 4.32. The maximum Gasteiger partial charge on any atom is 0.416 e. The minimum absolute atomic E-state index is 0.102. The number of halogens is 3. The van der Waals surface area contributed by atoms with Gasteiger partial charge >= 0.3 is 6.18 Å². The first kappa shape index (κ1) is 21.4. The molecule has 0 aromatic heterocycles. The van der Waals surface area contributed by atoms with E-state index in [1.807, 2.05) is 11.8 Å². The Morgan fingerprint density at radius 2 is 1.46 bits per heavy atom. The number of carbonyl (C=O) groups is 2. The van der Waals surface area contributed by atoms with Crippen molar-refractivity contribution in [1.82, 2.24) is 4.90 Å². The highest BCUT2D eigenvalue weighted by Crippen LogP contribution is 2.29. The van der Waals surface area contributed by atoms with Crippen molar-refractivity contribution in [3.8, 4) is 0 Å². The van der Waals surface area contributed by atoms with E-state index >= 15 is 0 Å². The molecule has 2 aromatic rings. The third kappa shape index (κ3) is 6.70. The van der Waals surface area contributed by atoms with Gasteiger partial charge in [-0.15, -0.1) is 0 Å². The van der Waals surface area contributed by atoms with Gasteiger partial charge in [-0.3, -0.25) is 14.5 Å². The van der Waals surface area contributed by atoms with E-state index in [0.717, 1.165) is 12.1 Å². The summed E-state index contributed by atoms with van der Waals surface area (Å²) in [4.78, 5) is 25.1. The number of benzene rings is 2. The van der Waals surface area contributed by atoms with Gasteiger partial charge in [-0.1, -0.05) is 19.1 Å². The van der Waals surface area contributed by atoms with Crippen molar-refractivity contribution in [3.63, 3.8) is 0 Å². The van der Waals surface area contributed by atoms with E-state index < -0.39 is 11.7 Å². The molecule has 5 nitrogen and oxygen atoms in total. The van der Waals surface area contributed by atoms with Gasteiger partial charge in [0.2, 0.25) is 11.8 Å². The number of amides is 2. The topological polar surface area (TPSA) is 61.4 Å². The Hall–Kier alpha value is -2.87. The number of alkyl halides is 3. The maximum absolute atomic E-state index is 12.6. The summed E-state index contributed by atoms with van der Waals surface area (Å²) in [6.07, 6.45) is -4.36. The second-order valence-electron chi connectivity index (χ2n) is 6.30. The highest BCUT2D eigenvalue weighted by Gasteiger charge is 2.29. The number of hydrogen-bond donors (Lipinski definition) is 2. The summed E-state index contributed by atoms with van der Waals surface area (Å²) in [6, 6.07) is 11.6. The van der Waals surface area contributed by atoms with Crippen molar-refractivity contribution in [3.05, 3.63) is 59.7 Å². The normalized spacial score (nSPS) is 11.4. The molecule has 28 heavy (non-hydrogen) atoms. The summed E-state index contributed by atoms with van der Waals surface area (Å²) in [7, 11) is 0. The largest absolute Gasteiger partial charge is 0.416 e. The fraction of sp³-hybridized carbons (Fsp3) is 0.300. The van der Waals surface area contributed by atoms with Crippen molar-refractivity contribution in [2.24, 2.45) is 0 Å². The van der Waals surface area contributed by atoms with Gasteiger partial charge in [0, 0.05) is 24.8 Å². The van der Waals surface area contributed by atoms with Crippen LogP contribution in [-0.4, -0.2) is 29.8 Å². The lowest BCUT2D eigenvalue weighted by atomic mass is 10.1. The van der Waals surface area contributed by atoms with Gasteiger partial charge in [0.1, 0.15) is 0 Å². The van der Waals surface area contributed by atoms with Crippen LogP contribution < -0.4 is 10.6 Å². The number of hydrogen-bond acceptors (Lipinski definition) is 3. The van der Waals surface area contributed by atoms with Crippen LogP contribution in [0, 0.1) is 0 Å². The molecule has 0 unspecified atom stereocenters. The van der Waals surface area contributed by atoms with Gasteiger partial charge in [-0.25, -0.2) is 0 Å². The Morgan fingerprint density at radius 3 is 1.93 bits per heavy atom. The molecule has 2 amide bonds. The van der Waals surface area contributed by atoms with Crippen LogP contribution in [-0.2, 0) is 22.3 Å². The Kier molecular flexibility index (Phi) is 7.17. The monoisotopic (exact) mass is 393 g/mol. The van der Waals surface area contributed by atoms with E-state index in [-0.39, 0.29) is 18.4 Å². The smallest absolute Gasteiger partial charge is 0.326 e. The van der Waals surface area contributed by atoms with Crippen LogP contribution in [0.2, 0.25) is 0 Å². The van der Waals surface area contributed by atoms with E-state index in [9.17, 15) is 22.8 Å². The lowest BCUT2D eigenvalue weighted by Crippen LogP contribution is -2.32. The van der Waals surface area contributed by atoms with Gasteiger partial charge in [0.05, 0.1) is 12.1 Å². The molecular weight excluding hydrogens is 371 g/mol. The van der Waals surface area contributed by atoms with E-state index in [4.69, 9.17) is 0 Å². The molecule has 0 radical (unpaired) electrons. The first-order chi connectivity index (χ1) is 13.2. The second-order valence-corrected chi connectivity index (χ2v) is 6.30. The van der Waals surface area contributed by atoms with E-state index in [0.29, 0.717) is 30.0 Å². The third-order valence-electron chi connectivity index (χ3n) is 3.99. The van der Waals surface area contributed by atoms with Gasteiger partial charge in [0.15, 0.2) is 0 Å². The van der Waals surface area contributed by atoms with Crippen molar-refractivity contribution in [1.29, 1.82) is 0 Å². The van der Waals surface area contributed by atoms with Crippen molar-refractivity contribution in [2.45, 2.75) is 26.6 Å². The highest BCUT2D eigenvalue weighted by molar-refractivity contribution is 5.93.